The molecule has 0 saturated heterocycles. The Kier molecular flexibility index (Phi) is 6.48. The molecule has 0 saturated carbocycles. The first-order chi connectivity index (χ1) is 8.97. The Labute approximate surface area is 116 Å². The topological polar surface area (TPSA) is 55.4 Å². The van der Waals surface area contributed by atoms with E-state index in [4.69, 9.17) is 4.74 Å². The third-order valence-corrected chi connectivity index (χ3v) is 4.30. The molecule has 1 aromatic carbocycles. The van der Waals surface area contributed by atoms with Gasteiger partial charge in [-0.1, -0.05) is 26.0 Å². The van der Waals surface area contributed by atoms with Gasteiger partial charge in [0.15, 0.2) is 0 Å². The molecule has 0 amide bonds. The van der Waals surface area contributed by atoms with Crippen molar-refractivity contribution in [3.05, 3.63) is 29.8 Å². The van der Waals surface area contributed by atoms with Crippen LogP contribution >= 0.6 is 0 Å². The lowest BCUT2D eigenvalue weighted by molar-refractivity contribution is 0.146. The van der Waals surface area contributed by atoms with Gasteiger partial charge in [0.05, 0.1) is 4.90 Å². The highest BCUT2D eigenvalue weighted by atomic mass is 32.2. The summed E-state index contributed by atoms with van der Waals surface area (Å²) in [5.41, 5.74) is 1.13. The van der Waals surface area contributed by atoms with Gasteiger partial charge in [0.25, 0.3) is 0 Å². The van der Waals surface area contributed by atoms with Crippen molar-refractivity contribution in [3.8, 4) is 0 Å². The summed E-state index contributed by atoms with van der Waals surface area (Å²) in [5.74, 6) is 0.399. The standard InChI is InChI=1S/C14H23NO3S/c1-4-18-11-5-10-15-19(16,17)14-8-6-13(7-9-14)12(2)3/h6-9,12,15H,4-5,10-11H2,1-3H3. The van der Waals surface area contributed by atoms with Crippen LogP contribution in [0.4, 0.5) is 0 Å². The van der Waals surface area contributed by atoms with Crippen LogP contribution in [0.25, 0.3) is 0 Å². The van der Waals surface area contributed by atoms with Gasteiger partial charge in [-0.25, -0.2) is 13.1 Å². The number of sulfonamides is 1. The molecule has 5 heteroatoms. The van der Waals surface area contributed by atoms with Crippen molar-refractivity contribution in [3.63, 3.8) is 0 Å². The highest BCUT2D eigenvalue weighted by Crippen LogP contribution is 2.17. The molecule has 0 atom stereocenters. The second kappa shape index (κ2) is 7.62. The van der Waals surface area contributed by atoms with Crippen LogP contribution in [0.2, 0.25) is 0 Å². The van der Waals surface area contributed by atoms with Crippen molar-refractivity contribution in [2.24, 2.45) is 0 Å². The Balaban J connectivity index is 2.57. The minimum absolute atomic E-state index is 0.313. The molecule has 4 nitrogen and oxygen atoms in total. The van der Waals surface area contributed by atoms with Gasteiger partial charge in [0.2, 0.25) is 10.0 Å². The first-order valence-corrected chi connectivity index (χ1v) is 8.13. The van der Waals surface area contributed by atoms with Crippen molar-refractivity contribution in [1.82, 2.24) is 4.72 Å². The Hall–Kier alpha value is -0.910. The van der Waals surface area contributed by atoms with E-state index in [1.54, 1.807) is 12.1 Å². The second-order valence-electron chi connectivity index (χ2n) is 4.67. The first-order valence-electron chi connectivity index (χ1n) is 6.64. The molecule has 0 radical (unpaired) electrons. The fourth-order valence-electron chi connectivity index (χ4n) is 1.64. The predicted octanol–water partition coefficient (Wildman–Crippen LogP) is 2.51. The number of hydrogen-bond donors (Lipinski definition) is 1. The molecule has 0 aromatic heterocycles. The van der Waals surface area contributed by atoms with Gasteiger partial charge in [-0.15, -0.1) is 0 Å². The van der Waals surface area contributed by atoms with Crippen molar-refractivity contribution in [2.75, 3.05) is 19.8 Å². The van der Waals surface area contributed by atoms with Gasteiger partial charge in [-0.2, -0.15) is 0 Å². The van der Waals surface area contributed by atoms with E-state index in [1.165, 1.54) is 0 Å². The van der Waals surface area contributed by atoms with Gasteiger partial charge in [-0.05, 0) is 37.0 Å². The smallest absolute Gasteiger partial charge is 0.240 e. The average Bonchev–Trinajstić information content (AvgIpc) is 2.38. The van der Waals surface area contributed by atoms with Crippen LogP contribution in [0, 0.1) is 0 Å². The van der Waals surface area contributed by atoms with Crippen LogP contribution in [0.1, 0.15) is 38.7 Å². The molecule has 0 aliphatic heterocycles. The Bertz CT molecular complexity index is 466. The van der Waals surface area contributed by atoms with Crippen molar-refractivity contribution >= 4 is 10.0 Å². The summed E-state index contributed by atoms with van der Waals surface area (Å²) in [4.78, 5) is 0.313. The molecule has 0 aliphatic carbocycles. The second-order valence-corrected chi connectivity index (χ2v) is 6.44. The van der Waals surface area contributed by atoms with Crippen molar-refractivity contribution < 1.29 is 13.2 Å². The maximum absolute atomic E-state index is 12.0. The van der Waals surface area contributed by atoms with Crippen LogP contribution in [-0.4, -0.2) is 28.2 Å². The molecule has 0 fully saturated rings. The molecule has 0 spiro atoms. The lowest BCUT2D eigenvalue weighted by Crippen LogP contribution is -2.25. The summed E-state index contributed by atoms with van der Waals surface area (Å²) in [6.07, 6.45) is 0.678. The summed E-state index contributed by atoms with van der Waals surface area (Å²) in [7, 11) is -3.40. The van der Waals surface area contributed by atoms with Crippen molar-refractivity contribution in [1.29, 1.82) is 0 Å². The van der Waals surface area contributed by atoms with E-state index in [2.05, 4.69) is 18.6 Å². The Morgan fingerprint density at radius 2 is 1.84 bits per heavy atom. The zero-order chi connectivity index (χ0) is 14.3. The molecule has 0 heterocycles. The van der Waals surface area contributed by atoms with Gasteiger partial charge < -0.3 is 4.74 Å². The monoisotopic (exact) mass is 285 g/mol. The summed E-state index contributed by atoms with van der Waals surface area (Å²) >= 11 is 0. The van der Waals surface area contributed by atoms with E-state index in [0.717, 1.165) is 5.56 Å². The van der Waals surface area contributed by atoms with Gasteiger partial charge in [-0.3, -0.25) is 0 Å². The zero-order valence-electron chi connectivity index (χ0n) is 11.8. The fraction of sp³-hybridized carbons (Fsp3) is 0.571. The van der Waals surface area contributed by atoms with Gasteiger partial charge >= 0.3 is 0 Å². The van der Waals surface area contributed by atoms with E-state index in [9.17, 15) is 8.42 Å². The number of rotatable bonds is 8. The quantitative estimate of drug-likeness (QED) is 0.747. The van der Waals surface area contributed by atoms with Crippen LogP contribution in [0.3, 0.4) is 0 Å². The molecule has 0 bridgehead atoms. The van der Waals surface area contributed by atoms with Gasteiger partial charge in [0.1, 0.15) is 0 Å². The number of hydrogen-bond acceptors (Lipinski definition) is 3. The molecule has 0 unspecified atom stereocenters. The van der Waals surface area contributed by atoms with E-state index in [-0.39, 0.29) is 0 Å². The first kappa shape index (κ1) is 16.1. The molecular weight excluding hydrogens is 262 g/mol. The molecule has 1 rings (SSSR count). The maximum Gasteiger partial charge on any atom is 0.240 e. The van der Waals surface area contributed by atoms with Crippen LogP contribution in [0.15, 0.2) is 29.2 Å². The van der Waals surface area contributed by atoms with Crippen LogP contribution in [-0.2, 0) is 14.8 Å². The molecule has 1 aromatic rings. The summed E-state index contributed by atoms with van der Waals surface area (Å²) in [6, 6.07) is 7.03. The fourth-order valence-corrected chi connectivity index (χ4v) is 2.71. The van der Waals surface area contributed by atoms with Gasteiger partial charge in [0, 0.05) is 19.8 Å². The molecule has 108 valence electrons. The SMILES string of the molecule is CCOCCCNS(=O)(=O)c1ccc(C(C)C)cc1. The Morgan fingerprint density at radius 3 is 2.37 bits per heavy atom. The molecule has 0 aliphatic rings. The normalized spacial score (nSPS) is 12.0. The van der Waals surface area contributed by atoms with Crippen LogP contribution < -0.4 is 4.72 Å². The average molecular weight is 285 g/mol. The zero-order valence-corrected chi connectivity index (χ0v) is 12.7. The lowest BCUT2D eigenvalue weighted by atomic mass is 10.0. The largest absolute Gasteiger partial charge is 0.382 e. The summed E-state index contributed by atoms with van der Waals surface area (Å²) in [5, 5.41) is 0. The Morgan fingerprint density at radius 1 is 1.21 bits per heavy atom. The van der Waals surface area contributed by atoms with Crippen molar-refractivity contribution in [2.45, 2.75) is 38.0 Å². The summed E-state index contributed by atoms with van der Waals surface area (Å²) in [6.45, 7) is 7.70. The number of benzene rings is 1. The molecule has 19 heavy (non-hydrogen) atoms. The third kappa shape index (κ3) is 5.30. The molecular formula is C14H23NO3S. The minimum atomic E-state index is -3.40. The highest BCUT2D eigenvalue weighted by Gasteiger charge is 2.13. The minimum Gasteiger partial charge on any atom is -0.382 e. The molecule has 1 N–H and O–H groups in total. The number of ether oxygens (including phenoxy) is 1. The van der Waals surface area contributed by atoms with E-state index in [0.29, 0.717) is 37.0 Å². The van der Waals surface area contributed by atoms with E-state index in [1.807, 2.05) is 19.1 Å². The third-order valence-electron chi connectivity index (χ3n) is 2.82. The predicted molar refractivity (Wildman–Crippen MR) is 76.8 cm³/mol. The van der Waals surface area contributed by atoms with E-state index < -0.39 is 10.0 Å². The highest BCUT2D eigenvalue weighted by molar-refractivity contribution is 7.89. The van der Waals surface area contributed by atoms with E-state index >= 15 is 0 Å². The lowest BCUT2D eigenvalue weighted by Gasteiger charge is -2.09. The number of nitrogens with one attached hydrogen (secondary N) is 1. The summed E-state index contributed by atoms with van der Waals surface area (Å²) < 4.78 is 31.7. The maximum atomic E-state index is 12.0. The van der Waals surface area contributed by atoms with Crippen LogP contribution in [0.5, 0.6) is 0 Å².